The number of nitrogen functional groups attached to an aromatic ring is 1. The van der Waals surface area contributed by atoms with Gasteiger partial charge >= 0.3 is 0 Å². The quantitative estimate of drug-likeness (QED) is 0.609. The minimum atomic E-state index is -0.508. The number of halogens is 2. The van der Waals surface area contributed by atoms with Crippen LogP contribution in [0.5, 0.6) is 0 Å². The van der Waals surface area contributed by atoms with Crippen LogP contribution in [0.25, 0.3) is 0 Å². The lowest BCUT2D eigenvalue weighted by Crippen LogP contribution is -2.50. The predicted octanol–water partition coefficient (Wildman–Crippen LogP) is 2.47. The average molecular weight is 406 g/mol. The number of primary amides is 1. The van der Waals surface area contributed by atoms with Gasteiger partial charge in [-0.1, -0.05) is 17.7 Å². The summed E-state index contributed by atoms with van der Waals surface area (Å²) in [5.41, 5.74) is 13.2. The number of carbonyl (C=O) groups is 2. The van der Waals surface area contributed by atoms with Crippen molar-refractivity contribution in [1.29, 1.82) is 0 Å². The number of anilines is 1. The summed E-state index contributed by atoms with van der Waals surface area (Å²) in [5, 5.41) is 9.68. The van der Waals surface area contributed by atoms with Crippen molar-refractivity contribution in [3.8, 4) is 0 Å². The van der Waals surface area contributed by atoms with Crippen molar-refractivity contribution < 1.29 is 14.0 Å². The van der Waals surface area contributed by atoms with Crippen LogP contribution < -0.4 is 16.8 Å². The van der Waals surface area contributed by atoms with Crippen LogP contribution in [-0.2, 0) is 11.3 Å². The summed E-state index contributed by atoms with van der Waals surface area (Å²) in [7, 11) is 0. The Hall–Kier alpha value is -2.61. The van der Waals surface area contributed by atoms with Gasteiger partial charge in [-0.15, -0.1) is 0 Å². The molecular formula is C19H21ClFN5O2. The molecule has 2 aliphatic rings. The molecule has 2 aliphatic carbocycles. The molecule has 2 aromatic rings. The minimum Gasteiger partial charge on any atom is -0.382 e. The first-order valence-corrected chi connectivity index (χ1v) is 9.51. The van der Waals surface area contributed by atoms with E-state index in [1.165, 1.54) is 12.1 Å². The highest BCUT2D eigenvalue weighted by Crippen LogP contribution is 2.64. The molecule has 2 saturated carbocycles. The summed E-state index contributed by atoms with van der Waals surface area (Å²) < 4.78 is 13.3. The summed E-state index contributed by atoms with van der Waals surface area (Å²) in [4.78, 5) is 23.9. The Labute approximate surface area is 166 Å². The van der Waals surface area contributed by atoms with Gasteiger partial charge in [0.15, 0.2) is 5.82 Å². The molecule has 0 radical (unpaired) electrons. The van der Waals surface area contributed by atoms with Gasteiger partial charge in [0, 0.05) is 18.4 Å². The van der Waals surface area contributed by atoms with Crippen molar-refractivity contribution in [2.75, 3.05) is 5.73 Å². The first-order valence-electron chi connectivity index (χ1n) is 9.13. The Bertz CT molecular complexity index is 946. The van der Waals surface area contributed by atoms with E-state index < -0.39 is 5.82 Å². The van der Waals surface area contributed by atoms with E-state index in [4.69, 9.17) is 23.1 Å². The molecule has 0 bridgehead atoms. The van der Waals surface area contributed by atoms with Crippen LogP contribution in [0.3, 0.4) is 0 Å². The summed E-state index contributed by atoms with van der Waals surface area (Å²) in [6.07, 6.45) is 3.39. The van der Waals surface area contributed by atoms with E-state index in [0.717, 1.165) is 31.4 Å². The normalized spacial score (nSPS) is 25.8. The number of H-pyrrole nitrogens is 1. The lowest BCUT2D eigenvalue weighted by molar-refractivity contribution is -0.134. The minimum absolute atomic E-state index is 0.00444. The molecular weight excluding hydrogens is 385 g/mol. The third-order valence-corrected chi connectivity index (χ3v) is 6.30. The highest BCUT2D eigenvalue weighted by Gasteiger charge is 2.55. The van der Waals surface area contributed by atoms with Gasteiger partial charge in [0.25, 0.3) is 5.91 Å². The van der Waals surface area contributed by atoms with Crippen molar-refractivity contribution in [3.05, 3.63) is 45.9 Å². The molecule has 0 aliphatic heterocycles. The lowest BCUT2D eigenvalue weighted by atomic mass is 9.47. The largest absolute Gasteiger partial charge is 0.382 e. The van der Waals surface area contributed by atoms with Crippen LogP contribution in [0.1, 0.15) is 53.2 Å². The van der Waals surface area contributed by atoms with Crippen LogP contribution in [0.15, 0.2) is 18.2 Å². The van der Waals surface area contributed by atoms with Crippen LogP contribution in [0, 0.1) is 17.2 Å². The van der Waals surface area contributed by atoms with E-state index in [9.17, 15) is 14.0 Å². The van der Waals surface area contributed by atoms with Gasteiger partial charge in [-0.2, -0.15) is 5.10 Å². The van der Waals surface area contributed by atoms with Gasteiger partial charge in [-0.05, 0) is 48.8 Å². The number of hydrogen-bond acceptors (Lipinski definition) is 4. The molecule has 4 rings (SSSR count). The van der Waals surface area contributed by atoms with Crippen molar-refractivity contribution in [1.82, 2.24) is 15.5 Å². The molecule has 1 aromatic heterocycles. The Kier molecular flexibility index (Phi) is 4.53. The van der Waals surface area contributed by atoms with Crippen molar-refractivity contribution >= 4 is 29.2 Å². The first kappa shape index (κ1) is 18.7. The van der Waals surface area contributed by atoms with E-state index in [1.54, 1.807) is 6.07 Å². The fourth-order valence-electron chi connectivity index (χ4n) is 4.53. The Morgan fingerprint density at radius 2 is 2.04 bits per heavy atom. The maximum atomic E-state index is 13.3. The molecule has 1 spiro atoms. The van der Waals surface area contributed by atoms with Crippen molar-refractivity contribution in [2.45, 2.75) is 38.1 Å². The monoisotopic (exact) mass is 405 g/mol. The molecule has 2 fully saturated rings. The molecule has 1 heterocycles. The zero-order valence-electron chi connectivity index (χ0n) is 15.1. The third kappa shape index (κ3) is 3.22. The number of carbonyl (C=O) groups excluding carboxylic acids is 2. The topological polar surface area (TPSA) is 127 Å². The van der Waals surface area contributed by atoms with Gasteiger partial charge in [0.2, 0.25) is 5.91 Å². The zero-order valence-corrected chi connectivity index (χ0v) is 15.9. The van der Waals surface area contributed by atoms with E-state index >= 15 is 0 Å². The lowest BCUT2D eigenvalue weighted by Gasteiger charge is -2.57. The number of benzene rings is 1. The second-order valence-electron chi connectivity index (χ2n) is 7.94. The number of hydrogen-bond donors (Lipinski definition) is 4. The number of rotatable bonds is 5. The van der Waals surface area contributed by atoms with Gasteiger partial charge in [-0.25, -0.2) is 4.39 Å². The molecule has 148 valence electrons. The smallest absolute Gasteiger partial charge is 0.257 e. The Balaban J connectivity index is 1.40. The molecule has 0 unspecified atom stereocenters. The fourth-order valence-corrected chi connectivity index (χ4v) is 4.74. The average Bonchev–Trinajstić information content (AvgIpc) is 2.94. The summed E-state index contributed by atoms with van der Waals surface area (Å²) in [6, 6.07) is 4.29. The molecule has 28 heavy (non-hydrogen) atoms. The highest BCUT2D eigenvalue weighted by atomic mass is 35.5. The van der Waals surface area contributed by atoms with Crippen LogP contribution in [-0.4, -0.2) is 22.0 Å². The molecule has 2 amide bonds. The van der Waals surface area contributed by atoms with E-state index in [-0.39, 0.29) is 46.5 Å². The van der Waals surface area contributed by atoms with Gasteiger partial charge in [0.05, 0.1) is 10.7 Å². The standard InChI is InChI=1S/C19H21ClFN5O2/c20-12-3-9(1-2-13(12)21)8-24-18(28)14-15(25-26-16(14)22)10-4-19(5-10)6-11(7-19)17(23)27/h1-3,10-11H,4-8H2,(H2,23,27)(H,24,28)(H3,22,25,26). The second kappa shape index (κ2) is 6.77. The predicted molar refractivity (Wildman–Crippen MR) is 102 cm³/mol. The van der Waals surface area contributed by atoms with E-state index in [1.807, 2.05) is 0 Å². The Morgan fingerprint density at radius 1 is 1.32 bits per heavy atom. The number of aromatic amines is 1. The summed E-state index contributed by atoms with van der Waals surface area (Å²) in [6.45, 7) is 0.192. The molecule has 7 nitrogen and oxygen atoms in total. The maximum Gasteiger partial charge on any atom is 0.257 e. The number of aromatic nitrogens is 2. The molecule has 6 N–H and O–H groups in total. The first-order chi connectivity index (χ1) is 13.3. The van der Waals surface area contributed by atoms with E-state index in [2.05, 4.69) is 15.5 Å². The number of nitrogens with zero attached hydrogens (tertiary/aromatic N) is 1. The zero-order chi connectivity index (χ0) is 20.1. The maximum absolute atomic E-state index is 13.3. The SMILES string of the molecule is NC(=O)C1CC2(C1)CC(c1[nH]nc(N)c1C(=O)NCc1ccc(F)c(Cl)c1)C2. The molecule has 9 heteroatoms. The number of nitrogens with two attached hydrogens (primary N) is 2. The fraction of sp³-hybridized carbons (Fsp3) is 0.421. The molecule has 0 atom stereocenters. The second-order valence-corrected chi connectivity index (χ2v) is 8.35. The number of amides is 2. The van der Waals surface area contributed by atoms with Crippen LogP contribution in [0.2, 0.25) is 5.02 Å². The van der Waals surface area contributed by atoms with E-state index in [0.29, 0.717) is 11.1 Å². The van der Waals surface area contributed by atoms with Crippen LogP contribution >= 0.6 is 11.6 Å². The molecule has 1 aromatic carbocycles. The number of nitrogens with one attached hydrogen (secondary N) is 2. The summed E-state index contributed by atoms with van der Waals surface area (Å²) in [5.74, 6) is -0.814. The van der Waals surface area contributed by atoms with Gasteiger partial charge < -0.3 is 16.8 Å². The van der Waals surface area contributed by atoms with Crippen LogP contribution in [0.4, 0.5) is 10.2 Å². The summed E-state index contributed by atoms with van der Waals surface area (Å²) >= 11 is 5.77. The van der Waals surface area contributed by atoms with Crippen molar-refractivity contribution in [2.24, 2.45) is 17.1 Å². The van der Waals surface area contributed by atoms with Gasteiger partial charge in [-0.3, -0.25) is 14.7 Å². The Morgan fingerprint density at radius 3 is 2.68 bits per heavy atom. The van der Waals surface area contributed by atoms with Gasteiger partial charge in [0.1, 0.15) is 11.4 Å². The van der Waals surface area contributed by atoms with Crippen molar-refractivity contribution in [3.63, 3.8) is 0 Å². The highest BCUT2D eigenvalue weighted by molar-refractivity contribution is 6.30. The molecule has 0 saturated heterocycles. The third-order valence-electron chi connectivity index (χ3n) is 6.01.